The van der Waals surface area contributed by atoms with Crippen molar-refractivity contribution in [2.75, 3.05) is 17.1 Å². The molecule has 2 atom stereocenters. The van der Waals surface area contributed by atoms with Crippen molar-refractivity contribution in [3.63, 3.8) is 0 Å². The number of hydrogen-bond donors (Lipinski definition) is 1. The minimum atomic E-state index is -3.55. The van der Waals surface area contributed by atoms with Crippen LogP contribution in [0, 0.1) is 12.7 Å². The molecule has 0 aliphatic carbocycles. The number of carbonyl (C=O) groups is 2. The Morgan fingerprint density at radius 2 is 1.72 bits per heavy atom. The summed E-state index contributed by atoms with van der Waals surface area (Å²) in [6.45, 7) is 7.88. The molecule has 0 heterocycles. The average molecular weight is 520 g/mol. The molecule has 0 unspecified atom stereocenters. The van der Waals surface area contributed by atoms with E-state index in [0.717, 1.165) is 18.2 Å². The number of benzene rings is 2. The molecule has 0 aliphatic rings. The second-order valence-electron chi connectivity index (χ2n) is 9.17. The molecule has 2 aromatic rings. The molecule has 2 amide bonds. The number of halogens is 1. The largest absolute Gasteiger partial charge is 0.352 e. The first-order chi connectivity index (χ1) is 17.0. The summed E-state index contributed by atoms with van der Waals surface area (Å²) in [5.41, 5.74) is 2.19. The van der Waals surface area contributed by atoms with Crippen molar-refractivity contribution < 1.29 is 22.4 Å². The molecular formula is C27H38FN3O4S. The maximum atomic E-state index is 13.4. The van der Waals surface area contributed by atoms with E-state index in [9.17, 15) is 22.4 Å². The summed E-state index contributed by atoms with van der Waals surface area (Å²) < 4.78 is 39.6. The number of aryl methyl sites for hydroxylation is 1. The van der Waals surface area contributed by atoms with Gasteiger partial charge in [0.1, 0.15) is 11.9 Å². The fourth-order valence-electron chi connectivity index (χ4n) is 3.93. The molecule has 0 aliphatic heterocycles. The predicted octanol–water partition coefficient (Wildman–Crippen LogP) is 4.40. The quantitative estimate of drug-likeness (QED) is 0.425. The summed E-state index contributed by atoms with van der Waals surface area (Å²) in [7, 11) is -3.55. The first-order valence-corrected chi connectivity index (χ1v) is 14.2. The zero-order chi connectivity index (χ0) is 26.9. The topological polar surface area (TPSA) is 86.8 Å². The van der Waals surface area contributed by atoms with Crippen LogP contribution >= 0.6 is 0 Å². The van der Waals surface area contributed by atoms with Crippen LogP contribution in [-0.2, 0) is 26.2 Å². The average Bonchev–Trinajstić information content (AvgIpc) is 2.81. The summed E-state index contributed by atoms with van der Waals surface area (Å²) >= 11 is 0. The summed E-state index contributed by atoms with van der Waals surface area (Å²) in [5.74, 6) is -0.877. The van der Waals surface area contributed by atoms with E-state index in [0.29, 0.717) is 17.7 Å². The second-order valence-corrected chi connectivity index (χ2v) is 11.1. The number of sulfonamides is 1. The number of nitrogens with zero attached hydrogens (tertiary/aromatic N) is 2. The van der Waals surface area contributed by atoms with Crippen LogP contribution in [0.25, 0.3) is 0 Å². The minimum absolute atomic E-state index is 0.0352. The van der Waals surface area contributed by atoms with Crippen molar-refractivity contribution in [2.24, 2.45) is 0 Å². The van der Waals surface area contributed by atoms with Crippen LogP contribution in [0.2, 0.25) is 0 Å². The van der Waals surface area contributed by atoms with Gasteiger partial charge in [-0.15, -0.1) is 0 Å². The van der Waals surface area contributed by atoms with Crippen LogP contribution in [0.3, 0.4) is 0 Å². The monoisotopic (exact) mass is 519 g/mol. The first-order valence-electron chi connectivity index (χ1n) is 12.3. The summed E-state index contributed by atoms with van der Waals surface area (Å²) in [6.07, 6.45) is 2.65. The second kappa shape index (κ2) is 13.4. The van der Waals surface area contributed by atoms with Crippen LogP contribution in [0.1, 0.15) is 57.6 Å². The Labute approximate surface area is 214 Å². The molecule has 198 valence electrons. The lowest BCUT2D eigenvalue weighted by Crippen LogP contribution is -2.50. The van der Waals surface area contributed by atoms with Gasteiger partial charge >= 0.3 is 0 Å². The number of rotatable bonds is 13. The summed E-state index contributed by atoms with van der Waals surface area (Å²) in [4.78, 5) is 27.9. The fourth-order valence-corrected chi connectivity index (χ4v) is 4.89. The third-order valence-electron chi connectivity index (χ3n) is 6.09. The van der Waals surface area contributed by atoms with Gasteiger partial charge in [0.2, 0.25) is 21.8 Å². The smallest absolute Gasteiger partial charge is 0.243 e. The molecule has 0 bridgehead atoms. The van der Waals surface area contributed by atoms with Gasteiger partial charge in [0, 0.05) is 25.6 Å². The number of amides is 2. The molecule has 36 heavy (non-hydrogen) atoms. The fraction of sp³-hybridized carbons (Fsp3) is 0.481. The molecule has 9 heteroatoms. The van der Waals surface area contributed by atoms with E-state index >= 15 is 0 Å². The van der Waals surface area contributed by atoms with E-state index in [4.69, 9.17) is 0 Å². The Hall–Kier alpha value is -2.94. The third kappa shape index (κ3) is 8.62. The van der Waals surface area contributed by atoms with Crippen molar-refractivity contribution in [1.29, 1.82) is 0 Å². The van der Waals surface area contributed by atoms with Gasteiger partial charge in [0.15, 0.2) is 0 Å². The van der Waals surface area contributed by atoms with Gasteiger partial charge in [0.25, 0.3) is 0 Å². The predicted molar refractivity (Wildman–Crippen MR) is 142 cm³/mol. The highest BCUT2D eigenvalue weighted by molar-refractivity contribution is 7.92. The van der Waals surface area contributed by atoms with Crippen molar-refractivity contribution in [3.05, 3.63) is 65.5 Å². The van der Waals surface area contributed by atoms with Crippen LogP contribution in [-0.4, -0.2) is 50.0 Å². The van der Waals surface area contributed by atoms with Gasteiger partial charge in [0.05, 0.1) is 11.9 Å². The van der Waals surface area contributed by atoms with Crippen LogP contribution < -0.4 is 9.62 Å². The number of anilines is 1. The van der Waals surface area contributed by atoms with Gasteiger partial charge < -0.3 is 10.2 Å². The van der Waals surface area contributed by atoms with Crippen molar-refractivity contribution in [3.8, 4) is 0 Å². The molecule has 0 aromatic heterocycles. The van der Waals surface area contributed by atoms with Gasteiger partial charge in [-0.3, -0.25) is 13.9 Å². The number of nitrogens with one attached hydrogen (secondary N) is 1. The Balaban J connectivity index is 2.22. The van der Waals surface area contributed by atoms with E-state index in [1.54, 1.807) is 30.3 Å². The van der Waals surface area contributed by atoms with Crippen molar-refractivity contribution in [1.82, 2.24) is 10.2 Å². The zero-order valence-electron chi connectivity index (χ0n) is 21.8. The third-order valence-corrected chi connectivity index (χ3v) is 7.29. The maximum Gasteiger partial charge on any atom is 0.243 e. The molecule has 0 fully saturated rings. The molecule has 0 saturated heterocycles. The van der Waals surface area contributed by atoms with Crippen molar-refractivity contribution >= 4 is 27.5 Å². The number of carbonyl (C=O) groups excluding carboxylic acids is 2. The van der Waals surface area contributed by atoms with E-state index in [-0.39, 0.29) is 49.6 Å². The Bertz CT molecular complexity index is 1120. The normalized spacial score (nSPS) is 13.1. The lowest BCUT2D eigenvalue weighted by molar-refractivity contribution is -0.141. The molecule has 2 rings (SSSR count). The summed E-state index contributed by atoms with van der Waals surface area (Å²) in [5, 5.41) is 2.95. The van der Waals surface area contributed by atoms with E-state index in [1.807, 2.05) is 33.8 Å². The lowest BCUT2D eigenvalue weighted by Gasteiger charge is -2.32. The van der Waals surface area contributed by atoms with Gasteiger partial charge in [-0.25, -0.2) is 12.8 Å². The highest BCUT2D eigenvalue weighted by Crippen LogP contribution is 2.21. The maximum absolute atomic E-state index is 13.4. The number of hydrogen-bond acceptors (Lipinski definition) is 4. The van der Waals surface area contributed by atoms with Gasteiger partial charge in [-0.2, -0.15) is 0 Å². The van der Waals surface area contributed by atoms with Crippen molar-refractivity contribution in [2.45, 2.75) is 72.0 Å². The standard InChI is InChI=1S/C27H38FN3O4S/c1-6-21(4)29-27(33)25(7-2)30(19-22-13-15-23(28)16-14-22)26(32)12-9-17-31(36(5,34)35)24-11-8-10-20(3)18-24/h8,10-11,13-16,18,21,25H,6-7,9,12,17,19H2,1-5H3,(H,29,33)/t21-,25-/m0/s1. The lowest BCUT2D eigenvalue weighted by atomic mass is 10.1. The van der Waals surface area contributed by atoms with Crippen LogP contribution in [0.4, 0.5) is 10.1 Å². The van der Waals surface area contributed by atoms with E-state index in [1.165, 1.54) is 21.3 Å². The molecule has 0 saturated carbocycles. The molecule has 7 nitrogen and oxygen atoms in total. The Morgan fingerprint density at radius 1 is 1.06 bits per heavy atom. The summed E-state index contributed by atoms with van der Waals surface area (Å²) in [6, 6.07) is 12.3. The molecule has 2 aromatic carbocycles. The Kier molecular flexibility index (Phi) is 10.9. The molecular weight excluding hydrogens is 481 g/mol. The van der Waals surface area contributed by atoms with Crippen LogP contribution in [0.5, 0.6) is 0 Å². The highest BCUT2D eigenvalue weighted by atomic mass is 32.2. The molecule has 1 N–H and O–H groups in total. The minimum Gasteiger partial charge on any atom is -0.352 e. The van der Waals surface area contributed by atoms with E-state index in [2.05, 4.69) is 5.32 Å². The molecule has 0 radical (unpaired) electrons. The zero-order valence-corrected chi connectivity index (χ0v) is 22.6. The van der Waals surface area contributed by atoms with Gasteiger partial charge in [-0.1, -0.05) is 38.1 Å². The SMILES string of the molecule is CC[C@H](C)NC(=O)[C@H](CC)N(Cc1ccc(F)cc1)C(=O)CCCN(c1cccc(C)c1)S(C)(=O)=O. The first kappa shape index (κ1) is 29.3. The van der Waals surface area contributed by atoms with Gasteiger partial charge in [-0.05, 0) is 68.5 Å². The van der Waals surface area contributed by atoms with E-state index < -0.39 is 16.1 Å². The van der Waals surface area contributed by atoms with Crippen LogP contribution in [0.15, 0.2) is 48.5 Å². The molecule has 0 spiro atoms. The highest BCUT2D eigenvalue weighted by Gasteiger charge is 2.29. The Morgan fingerprint density at radius 3 is 2.28 bits per heavy atom.